The molecule has 4 nitrogen and oxygen atoms in total. The van der Waals surface area contributed by atoms with Gasteiger partial charge in [0.2, 0.25) is 5.91 Å². The van der Waals surface area contributed by atoms with Crippen molar-refractivity contribution in [3.8, 4) is 0 Å². The van der Waals surface area contributed by atoms with Crippen molar-refractivity contribution in [3.05, 3.63) is 23.9 Å². The summed E-state index contributed by atoms with van der Waals surface area (Å²) in [6.07, 6.45) is 9.92. The second kappa shape index (κ2) is 8.75. The lowest BCUT2D eigenvalue weighted by atomic mass is 10.1. The van der Waals surface area contributed by atoms with Crippen molar-refractivity contribution in [3.63, 3.8) is 0 Å². The SMILES string of the molecule is CC1=CC=CN(C)C1.CNCC(=O)N1CCCCC1. The first-order valence-corrected chi connectivity index (χ1v) is 7.10. The zero-order chi connectivity index (χ0) is 14.1. The molecule has 19 heavy (non-hydrogen) atoms. The lowest BCUT2D eigenvalue weighted by Gasteiger charge is -2.26. The van der Waals surface area contributed by atoms with E-state index in [9.17, 15) is 4.79 Å². The molecule has 2 heterocycles. The van der Waals surface area contributed by atoms with E-state index in [1.165, 1.54) is 24.8 Å². The number of amides is 1. The number of piperidine rings is 1. The van der Waals surface area contributed by atoms with E-state index in [-0.39, 0.29) is 5.91 Å². The van der Waals surface area contributed by atoms with E-state index >= 15 is 0 Å². The Labute approximate surface area is 117 Å². The predicted octanol–water partition coefficient (Wildman–Crippen LogP) is 1.61. The molecule has 0 unspecified atom stereocenters. The molecule has 0 atom stereocenters. The van der Waals surface area contributed by atoms with Crippen LogP contribution < -0.4 is 5.32 Å². The number of rotatable bonds is 2. The Morgan fingerprint density at radius 1 is 1.32 bits per heavy atom. The summed E-state index contributed by atoms with van der Waals surface area (Å²) in [4.78, 5) is 15.4. The van der Waals surface area contributed by atoms with Crippen LogP contribution in [0.3, 0.4) is 0 Å². The van der Waals surface area contributed by atoms with Crippen molar-refractivity contribution < 1.29 is 4.79 Å². The number of hydrogen-bond acceptors (Lipinski definition) is 3. The highest BCUT2D eigenvalue weighted by Crippen LogP contribution is 2.07. The van der Waals surface area contributed by atoms with Crippen molar-refractivity contribution in [1.29, 1.82) is 0 Å². The molecule has 0 aliphatic carbocycles. The minimum absolute atomic E-state index is 0.243. The van der Waals surface area contributed by atoms with Gasteiger partial charge in [-0.1, -0.05) is 11.6 Å². The smallest absolute Gasteiger partial charge is 0.236 e. The molecule has 2 aliphatic rings. The molecule has 0 radical (unpaired) electrons. The number of likely N-dealkylation sites (N-methyl/N-ethyl adjacent to an activating group) is 2. The molecule has 0 aromatic rings. The average Bonchev–Trinajstić information content (AvgIpc) is 2.40. The van der Waals surface area contributed by atoms with Gasteiger partial charge in [0.1, 0.15) is 0 Å². The van der Waals surface area contributed by atoms with Crippen molar-refractivity contribution in [1.82, 2.24) is 15.1 Å². The number of nitrogens with zero attached hydrogens (tertiary/aromatic N) is 2. The molecular weight excluding hydrogens is 238 g/mol. The van der Waals surface area contributed by atoms with E-state index in [0.29, 0.717) is 6.54 Å². The largest absolute Gasteiger partial charge is 0.376 e. The first-order chi connectivity index (χ1) is 9.13. The topological polar surface area (TPSA) is 35.6 Å². The number of carbonyl (C=O) groups is 1. The van der Waals surface area contributed by atoms with Crippen LogP contribution in [0.2, 0.25) is 0 Å². The van der Waals surface area contributed by atoms with Crippen LogP contribution in [0.4, 0.5) is 0 Å². The standard InChI is InChI=1S/C8H16N2O.C7H11N/c1-9-7-8(11)10-5-3-2-4-6-10;1-7-4-3-5-8(2)6-7/h9H,2-7H2,1H3;3-5H,6H2,1-2H3. The van der Waals surface area contributed by atoms with E-state index < -0.39 is 0 Å². The number of carbonyl (C=O) groups excluding carboxylic acids is 1. The van der Waals surface area contributed by atoms with Crippen LogP contribution in [-0.2, 0) is 4.79 Å². The average molecular weight is 265 g/mol. The summed E-state index contributed by atoms with van der Waals surface area (Å²) in [6.45, 7) is 5.62. The van der Waals surface area contributed by atoms with Gasteiger partial charge in [-0.2, -0.15) is 0 Å². The summed E-state index contributed by atoms with van der Waals surface area (Å²) in [5.74, 6) is 0.243. The summed E-state index contributed by atoms with van der Waals surface area (Å²) < 4.78 is 0. The zero-order valence-corrected chi connectivity index (χ0v) is 12.5. The molecule has 0 saturated carbocycles. The van der Waals surface area contributed by atoms with Crippen LogP contribution in [0.1, 0.15) is 26.2 Å². The van der Waals surface area contributed by atoms with E-state index in [0.717, 1.165) is 19.6 Å². The number of allylic oxidation sites excluding steroid dienone is 2. The van der Waals surface area contributed by atoms with E-state index in [1.807, 2.05) is 11.9 Å². The normalized spacial score (nSPS) is 18.6. The molecule has 1 N–H and O–H groups in total. The number of hydrogen-bond donors (Lipinski definition) is 1. The lowest BCUT2D eigenvalue weighted by molar-refractivity contribution is -0.131. The van der Waals surface area contributed by atoms with E-state index in [1.54, 1.807) is 0 Å². The van der Waals surface area contributed by atoms with Crippen molar-refractivity contribution >= 4 is 5.91 Å². The molecule has 4 heteroatoms. The van der Waals surface area contributed by atoms with Gasteiger partial charge in [-0.15, -0.1) is 0 Å². The lowest BCUT2D eigenvalue weighted by Crippen LogP contribution is -2.40. The third kappa shape index (κ3) is 6.43. The number of nitrogens with one attached hydrogen (secondary N) is 1. The number of likely N-dealkylation sites (tertiary alicyclic amines) is 1. The fraction of sp³-hybridized carbons (Fsp3) is 0.667. The second-order valence-electron chi connectivity index (χ2n) is 5.24. The maximum Gasteiger partial charge on any atom is 0.236 e. The summed E-state index contributed by atoms with van der Waals surface area (Å²) in [6, 6.07) is 0. The molecule has 0 aromatic heterocycles. The Balaban J connectivity index is 0.000000200. The summed E-state index contributed by atoms with van der Waals surface area (Å²) >= 11 is 0. The van der Waals surface area contributed by atoms with Crippen LogP contribution in [0.15, 0.2) is 23.9 Å². The molecule has 1 saturated heterocycles. The fourth-order valence-corrected chi connectivity index (χ4v) is 2.26. The van der Waals surface area contributed by atoms with Crippen molar-refractivity contribution in [2.45, 2.75) is 26.2 Å². The highest BCUT2D eigenvalue weighted by atomic mass is 16.2. The van der Waals surface area contributed by atoms with Gasteiger partial charge >= 0.3 is 0 Å². The van der Waals surface area contributed by atoms with Crippen molar-refractivity contribution in [2.24, 2.45) is 0 Å². The van der Waals surface area contributed by atoms with Crippen LogP contribution >= 0.6 is 0 Å². The molecule has 108 valence electrons. The Morgan fingerprint density at radius 2 is 2.00 bits per heavy atom. The minimum Gasteiger partial charge on any atom is -0.376 e. The molecular formula is C15H27N3O. The van der Waals surface area contributed by atoms with Gasteiger partial charge in [-0.05, 0) is 45.5 Å². The van der Waals surface area contributed by atoms with Crippen LogP contribution in [0, 0.1) is 0 Å². The quantitative estimate of drug-likeness (QED) is 0.824. The van der Waals surface area contributed by atoms with Gasteiger partial charge in [0.25, 0.3) is 0 Å². The molecule has 0 spiro atoms. The van der Waals surface area contributed by atoms with E-state index in [2.05, 4.69) is 42.5 Å². The monoisotopic (exact) mass is 265 g/mol. The molecule has 1 fully saturated rings. The van der Waals surface area contributed by atoms with Gasteiger partial charge < -0.3 is 15.1 Å². The third-order valence-corrected chi connectivity index (χ3v) is 3.26. The van der Waals surface area contributed by atoms with Gasteiger partial charge in [-0.3, -0.25) is 4.79 Å². The van der Waals surface area contributed by atoms with Crippen molar-refractivity contribution in [2.75, 3.05) is 40.3 Å². The fourth-order valence-electron chi connectivity index (χ4n) is 2.26. The minimum atomic E-state index is 0.243. The molecule has 1 amide bonds. The van der Waals surface area contributed by atoms with Crippen LogP contribution in [0.5, 0.6) is 0 Å². The van der Waals surface area contributed by atoms with Crippen LogP contribution in [0.25, 0.3) is 0 Å². The molecule has 0 bridgehead atoms. The maximum atomic E-state index is 11.3. The first-order valence-electron chi connectivity index (χ1n) is 7.10. The third-order valence-electron chi connectivity index (χ3n) is 3.26. The first kappa shape index (κ1) is 15.8. The van der Waals surface area contributed by atoms with E-state index in [4.69, 9.17) is 0 Å². The van der Waals surface area contributed by atoms with Crippen LogP contribution in [-0.4, -0.2) is 56.0 Å². The van der Waals surface area contributed by atoms with Gasteiger partial charge in [0.15, 0.2) is 0 Å². The molecule has 0 aromatic carbocycles. The molecule has 2 aliphatic heterocycles. The highest BCUT2D eigenvalue weighted by molar-refractivity contribution is 5.78. The van der Waals surface area contributed by atoms with Gasteiger partial charge in [0.05, 0.1) is 6.54 Å². The van der Waals surface area contributed by atoms with Gasteiger partial charge in [0, 0.05) is 26.7 Å². The Hall–Kier alpha value is -1.29. The Kier molecular flexibility index (Phi) is 7.26. The highest BCUT2D eigenvalue weighted by Gasteiger charge is 2.14. The summed E-state index contributed by atoms with van der Waals surface area (Å²) in [5.41, 5.74) is 1.43. The Bertz CT molecular complexity index is 330. The maximum absolute atomic E-state index is 11.3. The predicted molar refractivity (Wildman–Crippen MR) is 79.9 cm³/mol. The Morgan fingerprint density at radius 3 is 2.47 bits per heavy atom. The molecule has 2 rings (SSSR count). The zero-order valence-electron chi connectivity index (χ0n) is 12.5. The summed E-state index contributed by atoms with van der Waals surface area (Å²) in [7, 11) is 3.88. The summed E-state index contributed by atoms with van der Waals surface area (Å²) in [5, 5.41) is 2.87. The second-order valence-corrected chi connectivity index (χ2v) is 5.24. The van der Waals surface area contributed by atoms with Gasteiger partial charge in [-0.25, -0.2) is 0 Å².